The van der Waals surface area contributed by atoms with Crippen LogP contribution in [0.25, 0.3) is 0 Å². The lowest BCUT2D eigenvalue weighted by Crippen LogP contribution is -2.33. The Hall–Kier alpha value is -1.28. The van der Waals surface area contributed by atoms with Gasteiger partial charge in [-0.2, -0.15) is 0 Å². The van der Waals surface area contributed by atoms with Crippen LogP contribution in [0.3, 0.4) is 0 Å². The van der Waals surface area contributed by atoms with Crippen molar-refractivity contribution in [3.63, 3.8) is 0 Å². The highest BCUT2D eigenvalue weighted by Gasteiger charge is 2.17. The van der Waals surface area contributed by atoms with Crippen molar-refractivity contribution in [3.05, 3.63) is 42.5 Å². The number of anilines is 1. The molecule has 1 N–H and O–H groups in total. The van der Waals surface area contributed by atoms with Gasteiger partial charge < -0.3 is 10.2 Å². The minimum atomic E-state index is 0.423. The summed E-state index contributed by atoms with van der Waals surface area (Å²) in [5, 5.41) is 3.57. The molecule has 1 rings (SSSR count). The summed E-state index contributed by atoms with van der Waals surface area (Å²) in [5.74, 6) is 0. The Balaban J connectivity index is 3.14. The van der Waals surface area contributed by atoms with E-state index < -0.39 is 0 Å². The van der Waals surface area contributed by atoms with Crippen LogP contribution in [0.5, 0.6) is 0 Å². The molecule has 0 fully saturated rings. The molecule has 1 aromatic carbocycles. The van der Waals surface area contributed by atoms with E-state index >= 15 is 0 Å². The standard InChI is InChI=1S/C17H28N2/c1-6-13-19(14(4)5)17-12-10-9-11-15(17)16(7-2)18-8-3/h6,9-12,14,16,18H,1,7-8,13H2,2-5H3. The molecule has 0 radical (unpaired) electrons. The molecule has 106 valence electrons. The molecule has 0 heterocycles. The van der Waals surface area contributed by atoms with E-state index in [-0.39, 0.29) is 0 Å². The summed E-state index contributed by atoms with van der Waals surface area (Å²) >= 11 is 0. The molecule has 0 aromatic heterocycles. The number of nitrogens with zero attached hydrogens (tertiary/aromatic N) is 1. The fraction of sp³-hybridized carbons (Fsp3) is 0.529. The number of nitrogens with one attached hydrogen (secondary N) is 1. The molecule has 0 aliphatic heterocycles. The number of benzene rings is 1. The van der Waals surface area contributed by atoms with Crippen molar-refractivity contribution in [3.8, 4) is 0 Å². The lowest BCUT2D eigenvalue weighted by Gasteiger charge is -2.32. The molecular formula is C17H28N2. The lowest BCUT2D eigenvalue weighted by molar-refractivity contribution is 0.535. The second kappa shape index (κ2) is 8.00. The molecule has 1 atom stereocenters. The summed E-state index contributed by atoms with van der Waals surface area (Å²) in [4.78, 5) is 2.41. The second-order valence-electron chi connectivity index (χ2n) is 5.11. The molecule has 2 heteroatoms. The van der Waals surface area contributed by atoms with Crippen LogP contribution in [0.2, 0.25) is 0 Å². The predicted molar refractivity (Wildman–Crippen MR) is 85.8 cm³/mol. The maximum absolute atomic E-state index is 3.88. The number of hydrogen-bond acceptors (Lipinski definition) is 2. The highest BCUT2D eigenvalue weighted by molar-refractivity contribution is 5.56. The van der Waals surface area contributed by atoms with Crippen molar-refractivity contribution in [2.24, 2.45) is 0 Å². The molecule has 2 nitrogen and oxygen atoms in total. The first-order valence-electron chi connectivity index (χ1n) is 7.35. The average molecular weight is 260 g/mol. The largest absolute Gasteiger partial charge is 0.365 e. The van der Waals surface area contributed by atoms with E-state index in [1.165, 1.54) is 11.3 Å². The van der Waals surface area contributed by atoms with Gasteiger partial charge >= 0.3 is 0 Å². The van der Waals surface area contributed by atoms with Crippen molar-refractivity contribution >= 4 is 5.69 Å². The van der Waals surface area contributed by atoms with Gasteiger partial charge in [-0.3, -0.25) is 0 Å². The highest BCUT2D eigenvalue weighted by Crippen LogP contribution is 2.29. The SMILES string of the molecule is C=CCN(c1ccccc1C(CC)NCC)C(C)C. The molecule has 0 bridgehead atoms. The van der Waals surface area contributed by atoms with Crippen molar-refractivity contribution < 1.29 is 0 Å². The smallest absolute Gasteiger partial charge is 0.0419 e. The third-order valence-corrected chi connectivity index (χ3v) is 3.43. The normalized spacial score (nSPS) is 12.5. The molecule has 1 aromatic rings. The van der Waals surface area contributed by atoms with Crippen LogP contribution in [-0.4, -0.2) is 19.1 Å². The summed E-state index contributed by atoms with van der Waals surface area (Å²) in [5.41, 5.74) is 2.72. The third kappa shape index (κ3) is 4.10. The monoisotopic (exact) mass is 260 g/mol. The lowest BCUT2D eigenvalue weighted by atomic mass is 10.0. The van der Waals surface area contributed by atoms with E-state index in [1.54, 1.807) is 0 Å². The maximum Gasteiger partial charge on any atom is 0.0419 e. The van der Waals surface area contributed by atoms with Gasteiger partial charge in [0, 0.05) is 24.3 Å². The van der Waals surface area contributed by atoms with Gasteiger partial charge in [0.05, 0.1) is 0 Å². The maximum atomic E-state index is 3.88. The fourth-order valence-electron chi connectivity index (χ4n) is 2.49. The van der Waals surface area contributed by atoms with Crippen molar-refractivity contribution in [2.75, 3.05) is 18.0 Å². The Morgan fingerprint density at radius 1 is 1.26 bits per heavy atom. The Kier molecular flexibility index (Phi) is 6.65. The van der Waals surface area contributed by atoms with Crippen molar-refractivity contribution in [2.45, 2.75) is 46.2 Å². The van der Waals surface area contributed by atoms with Crippen LogP contribution in [0.15, 0.2) is 36.9 Å². The second-order valence-corrected chi connectivity index (χ2v) is 5.11. The van der Waals surface area contributed by atoms with Crippen molar-refractivity contribution in [1.82, 2.24) is 5.32 Å². The minimum Gasteiger partial charge on any atom is -0.365 e. The van der Waals surface area contributed by atoms with Gasteiger partial charge in [-0.15, -0.1) is 6.58 Å². The first-order valence-corrected chi connectivity index (χ1v) is 7.35. The van der Waals surface area contributed by atoms with E-state index in [9.17, 15) is 0 Å². The summed E-state index contributed by atoms with van der Waals surface area (Å²) in [6.07, 6.45) is 3.08. The van der Waals surface area contributed by atoms with Gasteiger partial charge in [0.25, 0.3) is 0 Å². The van der Waals surface area contributed by atoms with E-state index in [0.29, 0.717) is 12.1 Å². The average Bonchev–Trinajstić information content (AvgIpc) is 2.42. The Labute approximate surface area is 118 Å². The molecular weight excluding hydrogens is 232 g/mol. The quantitative estimate of drug-likeness (QED) is 0.706. The van der Waals surface area contributed by atoms with Gasteiger partial charge in [0.15, 0.2) is 0 Å². The van der Waals surface area contributed by atoms with E-state index in [1.807, 2.05) is 6.08 Å². The van der Waals surface area contributed by atoms with E-state index in [4.69, 9.17) is 0 Å². The van der Waals surface area contributed by atoms with Crippen LogP contribution in [-0.2, 0) is 0 Å². The van der Waals surface area contributed by atoms with Gasteiger partial charge in [0.2, 0.25) is 0 Å². The zero-order chi connectivity index (χ0) is 14.3. The summed E-state index contributed by atoms with van der Waals surface area (Å²) in [6, 6.07) is 9.61. The van der Waals surface area contributed by atoms with Crippen LogP contribution in [0.4, 0.5) is 5.69 Å². The van der Waals surface area contributed by atoms with Gasteiger partial charge in [-0.25, -0.2) is 0 Å². The number of hydrogen-bond donors (Lipinski definition) is 1. The first kappa shape index (κ1) is 15.8. The Morgan fingerprint density at radius 2 is 1.95 bits per heavy atom. The summed E-state index contributed by atoms with van der Waals surface area (Å²) in [6.45, 7) is 14.6. The molecule has 0 aliphatic carbocycles. The molecule has 0 amide bonds. The van der Waals surface area contributed by atoms with Crippen molar-refractivity contribution in [1.29, 1.82) is 0 Å². The molecule has 19 heavy (non-hydrogen) atoms. The molecule has 0 saturated carbocycles. The van der Waals surface area contributed by atoms with E-state index in [2.05, 4.69) is 68.8 Å². The van der Waals surface area contributed by atoms with Gasteiger partial charge in [-0.05, 0) is 38.4 Å². The topological polar surface area (TPSA) is 15.3 Å². The fourth-order valence-corrected chi connectivity index (χ4v) is 2.49. The molecule has 0 aliphatic rings. The predicted octanol–water partition coefficient (Wildman–Crippen LogP) is 4.15. The highest BCUT2D eigenvalue weighted by atomic mass is 15.2. The molecule has 0 spiro atoms. The van der Waals surface area contributed by atoms with Crippen LogP contribution < -0.4 is 10.2 Å². The van der Waals surface area contributed by atoms with Crippen LogP contribution in [0.1, 0.15) is 45.7 Å². The zero-order valence-electron chi connectivity index (χ0n) is 12.8. The molecule has 1 unspecified atom stereocenters. The van der Waals surface area contributed by atoms with Crippen LogP contribution >= 0.6 is 0 Å². The van der Waals surface area contributed by atoms with Crippen LogP contribution in [0, 0.1) is 0 Å². The zero-order valence-corrected chi connectivity index (χ0v) is 12.8. The third-order valence-electron chi connectivity index (χ3n) is 3.43. The Morgan fingerprint density at radius 3 is 2.47 bits per heavy atom. The number of para-hydroxylation sites is 1. The summed E-state index contributed by atoms with van der Waals surface area (Å²) < 4.78 is 0. The minimum absolute atomic E-state index is 0.423. The van der Waals surface area contributed by atoms with Gasteiger partial charge in [-0.1, -0.05) is 38.1 Å². The Bertz CT molecular complexity index is 385. The first-order chi connectivity index (χ1) is 9.15. The summed E-state index contributed by atoms with van der Waals surface area (Å²) in [7, 11) is 0. The van der Waals surface area contributed by atoms with E-state index in [0.717, 1.165) is 19.5 Å². The van der Waals surface area contributed by atoms with Gasteiger partial charge in [0.1, 0.15) is 0 Å². The molecule has 0 saturated heterocycles. The number of rotatable bonds is 8.